The lowest BCUT2D eigenvalue weighted by Gasteiger charge is -2.30. The molecule has 0 amide bonds. The first-order chi connectivity index (χ1) is 10.3. The van der Waals surface area contributed by atoms with Gasteiger partial charge < -0.3 is 0 Å². The highest BCUT2D eigenvalue weighted by Gasteiger charge is 2.60. The molecule has 0 bridgehead atoms. The van der Waals surface area contributed by atoms with Crippen LogP contribution in [0.4, 0.5) is 0 Å². The van der Waals surface area contributed by atoms with Gasteiger partial charge in [-0.1, -0.05) is 60.7 Å². The maximum absolute atomic E-state index is 12.9. The highest BCUT2D eigenvalue weighted by atomic mass is 16.1. The van der Waals surface area contributed by atoms with Gasteiger partial charge in [0, 0.05) is 11.3 Å². The summed E-state index contributed by atoms with van der Waals surface area (Å²) in [6, 6.07) is 21.0. The summed E-state index contributed by atoms with van der Waals surface area (Å²) in [7, 11) is 0. The van der Waals surface area contributed by atoms with E-state index in [1.807, 2.05) is 12.1 Å². The van der Waals surface area contributed by atoms with Crippen molar-refractivity contribution in [2.45, 2.75) is 25.7 Å². The third-order valence-corrected chi connectivity index (χ3v) is 5.21. The van der Waals surface area contributed by atoms with E-state index in [4.69, 9.17) is 0 Å². The van der Waals surface area contributed by atoms with Crippen LogP contribution in [0, 0.1) is 17.3 Å². The Morgan fingerprint density at radius 2 is 1.38 bits per heavy atom. The van der Waals surface area contributed by atoms with Crippen LogP contribution in [0.5, 0.6) is 0 Å². The number of benzene rings is 2. The quantitative estimate of drug-likeness (QED) is 0.822. The zero-order chi connectivity index (χ0) is 14.3. The van der Waals surface area contributed by atoms with Crippen LogP contribution in [0.3, 0.4) is 0 Å². The van der Waals surface area contributed by atoms with Gasteiger partial charge in [-0.25, -0.2) is 0 Å². The molecule has 2 aliphatic carbocycles. The molecule has 0 saturated heterocycles. The molecule has 2 atom stereocenters. The number of carbonyl (C=O) groups excluding carboxylic acids is 1. The van der Waals surface area contributed by atoms with Crippen molar-refractivity contribution in [3.63, 3.8) is 0 Å². The van der Waals surface area contributed by atoms with Crippen LogP contribution in [0.2, 0.25) is 0 Å². The van der Waals surface area contributed by atoms with Crippen LogP contribution in [-0.2, 0) is 17.6 Å². The van der Waals surface area contributed by atoms with Crippen LogP contribution in [-0.4, -0.2) is 5.78 Å². The normalized spacial score (nSPS) is 25.6. The monoisotopic (exact) mass is 276 g/mol. The molecule has 0 heterocycles. The Kier molecular flexibility index (Phi) is 2.95. The molecule has 2 aromatic carbocycles. The maximum atomic E-state index is 12.9. The zero-order valence-electron chi connectivity index (χ0n) is 12.2. The molecule has 2 aromatic rings. The van der Waals surface area contributed by atoms with E-state index in [2.05, 4.69) is 48.5 Å². The number of hydrogen-bond donors (Lipinski definition) is 0. The second-order valence-corrected chi connectivity index (χ2v) is 6.78. The molecular formula is C20H20O. The Morgan fingerprint density at radius 3 is 1.81 bits per heavy atom. The summed E-state index contributed by atoms with van der Waals surface area (Å²) in [5, 5.41) is 0. The van der Waals surface area contributed by atoms with Crippen molar-refractivity contribution in [2.75, 3.05) is 0 Å². The van der Waals surface area contributed by atoms with Gasteiger partial charge in [-0.05, 0) is 42.7 Å². The van der Waals surface area contributed by atoms with Gasteiger partial charge in [0.25, 0.3) is 0 Å². The molecule has 4 rings (SSSR count). The Bertz CT molecular complexity index is 603. The summed E-state index contributed by atoms with van der Waals surface area (Å²) in [5.74, 6) is 1.57. The Labute approximate surface area is 126 Å². The molecule has 106 valence electrons. The van der Waals surface area contributed by atoms with Crippen molar-refractivity contribution in [3.8, 4) is 0 Å². The summed E-state index contributed by atoms with van der Waals surface area (Å²) in [6.45, 7) is 0. The Morgan fingerprint density at radius 1 is 0.857 bits per heavy atom. The first-order valence-corrected chi connectivity index (χ1v) is 7.89. The van der Waals surface area contributed by atoms with E-state index in [1.165, 1.54) is 11.1 Å². The molecule has 1 nitrogen and oxygen atoms in total. The minimum absolute atomic E-state index is 0.156. The van der Waals surface area contributed by atoms with Crippen LogP contribution in [0.15, 0.2) is 60.7 Å². The average Bonchev–Trinajstić information content (AvgIpc) is 3.22. The molecule has 0 spiro atoms. The van der Waals surface area contributed by atoms with Gasteiger partial charge in [-0.15, -0.1) is 0 Å². The van der Waals surface area contributed by atoms with Crippen molar-refractivity contribution in [1.29, 1.82) is 0 Å². The van der Waals surface area contributed by atoms with Crippen LogP contribution in [0.1, 0.15) is 24.0 Å². The molecule has 2 saturated carbocycles. The smallest absolute Gasteiger partial charge is 0.143 e. The molecule has 2 aliphatic rings. The first-order valence-electron chi connectivity index (χ1n) is 7.89. The molecule has 0 radical (unpaired) electrons. The standard InChI is InChI=1S/C20H20O/c21-19-18-11-17(18)14-20(19,12-15-7-3-1-4-8-15)13-16-9-5-2-6-10-16/h1-10,17-18H,11-14H2/t17-,18+/m1/s1. The highest BCUT2D eigenvalue weighted by Crippen LogP contribution is 2.59. The van der Waals surface area contributed by atoms with Gasteiger partial charge in [-0.2, -0.15) is 0 Å². The Hall–Kier alpha value is -1.89. The van der Waals surface area contributed by atoms with Gasteiger partial charge in [0.1, 0.15) is 5.78 Å². The number of rotatable bonds is 4. The topological polar surface area (TPSA) is 17.1 Å². The third kappa shape index (κ3) is 2.31. The zero-order valence-corrected chi connectivity index (χ0v) is 12.2. The van der Waals surface area contributed by atoms with Crippen LogP contribution >= 0.6 is 0 Å². The van der Waals surface area contributed by atoms with Crippen molar-refractivity contribution in [1.82, 2.24) is 0 Å². The van der Waals surface area contributed by atoms with Gasteiger partial charge in [0.15, 0.2) is 0 Å². The second-order valence-electron chi connectivity index (χ2n) is 6.78. The maximum Gasteiger partial charge on any atom is 0.143 e. The van der Waals surface area contributed by atoms with E-state index in [0.29, 0.717) is 17.6 Å². The third-order valence-electron chi connectivity index (χ3n) is 5.21. The van der Waals surface area contributed by atoms with Crippen LogP contribution in [0.25, 0.3) is 0 Å². The number of carbonyl (C=O) groups is 1. The van der Waals surface area contributed by atoms with E-state index in [1.54, 1.807) is 0 Å². The second kappa shape index (κ2) is 4.84. The van der Waals surface area contributed by atoms with E-state index in [0.717, 1.165) is 25.7 Å². The number of Topliss-reactive ketones (excluding diaryl/α,β-unsaturated/α-hetero) is 1. The lowest BCUT2D eigenvalue weighted by atomic mass is 9.72. The minimum Gasteiger partial charge on any atom is -0.299 e. The fraction of sp³-hybridized carbons (Fsp3) is 0.350. The summed E-state index contributed by atoms with van der Waals surface area (Å²) in [5.41, 5.74) is 2.43. The number of ketones is 1. The minimum atomic E-state index is -0.156. The van der Waals surface area contributed by atoms with E-state index >= 15 is 0 Å². The summed E-state index contributed by atoms with van der Waals surface area (Å²) < 4.78 is 0. The predicted octanol–water partition coefficient (Wildman–Crippen LogP) is 4.07. The van der Waals surface area contributed by atoms with E-state index in [-0.39, 0.29) is 5.41 Å². The summed E-state index contributed by atoms with van der Waals surface area (Å²) in [4.78, 5) is 12.9. The molecule has 1 heteroatoms. The molecule has 0 N–H and O–H groups in total. The van der Waals surface area contributed by atoms with Crippen LogP contribution < -0.4 is 0 Å². The highest BCUT2D eigenvalue weighted by molar-refractivity contribution is 5.92. The predicted molar refractivity (Wildman–Crippen MR) is 83.9 cm³/mol. The lowest BCUT2D eigenvalue weighted by Crippen LogP contribution is -2.33. The SMILES string of the molecule is O=C1[C@H]2C[C@@H]2CC1(Cc1ccccc1)Cc1ccccc1. The fourth-order valence-electron chi connectivity index (χ4n) is 4.14. The molecular weight excluding hydrogens is 256 g/mol. The molecule has 0 aliphatic heterocycles. The average molecular weight is 276 g/mol. The van der Waals surface area contributed by atoms with E-state index in [9.17, 15) is 4.79 Å². The van der Waals surface area contributed by atoms with Crippen molar-refractivity contribution < 1.29 is 4.79 Å². The summed E-state index contributed by atoms with van der Waals surface area (Å²) >= 11 is 0. The first kappa shape index (κ1) is 12.8. The number of hydrogen-bond acceptors (Lipinski definition) is 1. The summed E-state index contributed by atoms with van der Waals surface area (Å²) in [6.07, 6.45) is 4.02. The van der Waals surface area contributed by atoms with Crippen molar-refractivity contribution in [3.05, 3.63) is 71.8 Å². The van der Waals surface area contributed by atoms with Gasteiger partial charge in [0.05, 0.1) is 0 Å². The molecule has 0 unspecified atom stereocenters. The van der Waals surface area contributed by atoms with Crippen molar-refractivity contribution in [2.24, 2.45) is 17.3 Å². The van der Waals surface area contributed by atoms with Crippen molar-refractivity contribution >= 4 is 5.78 Å². The molecule has 0 aromatic heterocycles. The van der Waals surface area contributed by atoms with Gasteiger partial charge >= 0.3 is 0 Å². The molecule has 21 heavy (non-hydrogen) atoms. The largest absolute Gasteiger partial charge is 0.299 e. The Balaban J connectivity index is 1.65. The fourth-order valence-corrected chi connectivity index (χ4v) is 4.14. The van der Waals surface area contributed by atoms with E-state index < -0.39 is 0 Å². The lowest BCUT2D eigenvalue weighted by molar-refractivity contribution is -0.128. The number of fused-ring (bicyclic) bond motifs is 1. The van der Waals surface area contributed by atoms with Gasteiger partial charge in [0.2, 0.25) is 0 Å². The van der Waals surface area contributed by atoms with Gasteiger partial charge in [-0.3, -0.25) is 4.79 Å². The molecule has 2 fully saturated rings.